The highest BCUT2D eigenvalue weighted by Gasteiger charge is 1.98. The molecule has 46 valence electrons. The van der Waals surface area contributed by atoms with Gasteiger partial charge in [0.1, 0.15) is 0 Å². The van der Waals surface area contributed by atoms with Gasteiger partial charge < -0.3 is 5.32 Å². The van der Waals surface area contributed by atoms with Crippen LogP contribution in [0.3, 0.4) is 0 Å². The molecule has 1 aliphatic rings. The van der Waals surface area contributed by atoms with E-state index in [2.05, 4.69) is 23.5 Å². The fourth-order valence-electron chi connectivity index (χ4n) is 0.880. The Balaban J connectivity index is 2.63. The van der Waals surface area contributed by atoms with Crippen molar-refractivity contribution in [1.29, 1.82) is 0 Å². The molecule has 0 atom stereocenters. The third-order valence-electron chi connectivity index (χ3n) is 1.33. The van der Waals surface area contributed by atoms with Gasteiger partial charge in [0.25, 0.3) is 0 Å². The van der Waals surface area contributed by atoms with Crippen molar-refractivity contribution in [3.8, 4) is 0 Å². The van der Waals surface area contributed by atoms with E-state index in [9.17, 15) is 0 Å². The van der Waals surface area contributed by atoms with Gasteiger partial charge in [-0.1, -0.05) is 12.1 Å². The molecule has 0 aromatic heterocycles. The Labute approximate surface area is 57.7 Å². The molecule has 2 rings (SSSR count). The molecule has 1 aromatic rings. The monoisotopic (exact) mass is 137 g/mol. The van der Waals surface area contributed by atoms with Crippen LogP contribution in [-0.2, 0) is 0 Å². The molecule has 9 heavy (non-hydrogen) atoms. The van der Waals surface area contributed by atoms with Crippen LogP contribution in [0.5, 0.6) is 0 Å². The summed E-state index contributed by atoms with van der Waals surface area (Å²) < 4.78 is 0. The van der Waals surface area contributed by atoms with Gasteiger partial charge in [-0.25, -0.2) is 0 Å². The summed E-state index contributed by atoms with van der Waals surface area (Å²) in [5.41, 5.74) is 3.30. The predicted molar refractivity (Wildman–Crippen MR) is 43.4 cm³/mol. The summed E-state index contributed by atoms with van der Waals surface area (Å²) in [4.78, 5) is 1.37. The van der Waals surface area contributed by atoms with Gasteiger partial charge in [-0.15, -0.1) is 0 Å². The minimum absolute atomic E-state index is 1.25. The van der Waals surface area contributed by atoms with Crippen molar-refractivity contribution in [2.45, 2.75) is 4.90 Å². The summed E-state index contributed by atoms with van der Waals surface area (Å²) in [6.45, 7) is 0. The quantitative estimate of drug-likeness (QED) is 0.409. The van der Waals surface area contributed by atoms with Gasteiger partial charge >= 0.3 is 0 Å². The van der Waals surface area contributed by atoms with E-state index >= 15 is 0 Å². The topological polar surface area (TPSA) is 12.0 Å². The van der Waals surface area contributed by atoms with Crippen molar-refractivity contribution in [2.24, 2.45) is 0 Å². The Hall–Kier alpha value is -0.760. The van der Waals surface area contributed by atoms with E-state index in [1.54, 1.807) is 0 Å². The zero-order valence-corrected chi connectivity index (χ0v) is 5.73. The first kappa shape index (κ1) is 5.06. The van der Waals surface area contributed by atoms with E-state index in [-0.39, 0.29) is 0 Å². The van der Waals surface area contributed by atoms with Crippen LogP contribution in [0.25, 0.3) is 0 Å². The molecule has 0 aliphatic carbocycles. The lowest BCUT2D eigenvalue weighted by Gasteiger charge is -1.94. The number of rotatable bonds is 0. The fraction of sp³-hybridized carbons (Fsp3) is 0. The van der Waals surface area contributed by atoms with Crippen LogP contribution in [-0.4, -0.2) is 5.49 Å². The average molecular weight is 137 g/mol. The van der Waals surface area contributed by atoms with Crippen LogP contribution in [0.15, 0.2) is 29.2 Å². The van der Waals surface area contributed by atoms with E-state index in [4.69, 9.17) is 0 Å². The van der Waals surface area contributed by atoms with Gasteiger partial charge in [-0.3, -0.25) is 0 Å². The smallest absolute Gasteiger partial charge is 0.0514 e. The summed E-state index contributed by atoms with van der Waals surface area (Å²) in [5.74, 6) is 0. The first-order chi connectivity index (χ1) is 4.47. The number of benzene rings is 1. The van der Waals surface area contributed by atoms with Gasteiger partial charge in [0.15, 0.2) is 0 Å². The molecule has 1 heterocycles. The molecule has 0 fully saturated rings. The molecule has 0 saturated carbocycles. The highest BCUT2D eigenvalue weighted by molar-refractivity contribution is 7.98. The molecular formula is C7H7NS. The zero-order valence-electron chi connectivity index (χ0n) is 4.83. The SMILES string of the molecule is C1=[SH]c2ccccc2N1. The molecule has 1 N–H and O–H groups in total. The molecule has 1 aromatic carbocycles. The summed E-state index contributed by atoms with van der Waals surface area (Å²) in [6.07, 6.45) is 0. The molecule has 0 amide bonds. The summed E-state index contributed by atoms with van der Waals surface area (Å²) in [7, 11) is 0. The Bertz CT molecular complexity index is 255. The maximum absolute atomic E-state index is 3.16. The van der Waals surface area contributed by atoms with E-state index in [1.165, 1.54) is 21.9 Å². The number of thiol groups is 1. The zero-order chi connectivity index (χ0) is 6.10. The van der Waals surface area contributed by atoms with Crippen molar-refractivity contribution >= 4 is 22.5 Å². The van der Waals surface area contributed by atoms with E-state index < -0.39 is 0 Å². The summed E-state index contributed by atoms with van der Waals surface area (Å²) >= 11 is 1.29. The van der Waals surface area contributed by atoms with Gasteiger partial charge in [0.05, 0.1) is 5.69 Å². The Morgan fingerprint density at radius 3 is 3.00 bits per heavy atom. The predicted octanol–water partition coefficient (Wildman–Crippen LogP) is 1.70. The molecule has 0 unspecified atom stereocenters. The minimum Gasteiger partial charge on any atom is -0.356 e. The van der Waals surface area contributed by atoms with Crippen LogP contribution in [0.1, 0.15) is 0 Å². The van der Waals surface area contributed by atoms with E-state index in [0.717, 1.165) is 0 Å². The molecule has 0 radical (unpaired) electrons. The van der Waals surface area contributed by atoms with Gasteiger partial charge in [0, 0.05) is 10.4 Å². The molecule has 0 saturated heterocycles. The first-order valence-corrected chi connectivity index (χ1v) is 3.81. The lowest BCUT2D eigenvalue weighted by molar-refractivity contribution is 1.48. The lowest BCUT2D eigenvalue weighted by atomic mass is 10.3. The first-order valence-electron chi connectivity index (χ1n) is 2.85. The molecule has 0 bridgehead atoms. The van der Waals surface area contributed by atoms with Crippen molar-refractivity contribution in [3.05, 3.63) is 24.3 Å². The molecule has 2 heteroatoms. The second-order valence-corrected chi connectivity index (χ2v) is 2.92. The average Bonchev–Trinajstić information content (AvgIpc) is 2.33. The standard InChI is InChI=1S/C7H7NS/c1-2-4-7-6(3-1)8-5-9-7/h1-5,8-9H. The second kappa shape index (κ2) is 1.88. The number of nitrogens with one attached hydrogen (secondary N) is 1. The normalized spacial score (nSPS) is 13.8. The fourth-order valence-corrected chi connectivity index (χ4v) is 1.67. The van der Waals surface area contributed by atoms with Gasteiger partial charge in [-0.2, -0.15) is 11.4 Å². The van der Waals surface area contributed by atoms with Crippen LogP contribution in [0.4, 0.5) is 5.69 Å². The molecule has 1 nitrogen and oxygen atoms in total. The van der Waals surface area contributed by atoms with Crippen LogP contribution in [0, 0.1) is 0 Å². The Morgan fingerprint density at radius 2 is 2.11 bits per heavy atom. The number of hydrogen-bond donors (Lipinski definition) is 2. The minimum atomic E-state index is 1.25. The van der Waals surface area contributed by atoms with Gasteiger partial charge in [0.2, 0.25) is 0 Å². The summed E-state index contributed by atoms with van der Waals surface area (Å²) in [5, 5.41) is 3.16. The maximum atomic E-state index is 3.16. The van der Waals surface area contributed by atoms with Crippen LogP contribution < -0.4 is 5.32 Å². The number of hydrogen-bond acceptors (Lipinski definition) is 1. The molecule has 1 aliphatic heterocycles. The van der Waals surface area contributed by atoms with Crippen LogP contribution >= 0.6 is 11.4 Å². The highest BCUT2D eigenvalue weighted by atomic mass is 32.1. The van der Waals surface area contributed by atoms with E-state index in [0.29, 0.717) is 0 Å². The largest absolute Gasteiger partial charge is 0.356 e. The molecule has 0 spiro atoms. The maximum Gasteiger partial charge on any atom is 0.0514 e. The van der Waals surface area contributed by atoms with Crippen molar-refractivity contribution in [2.75, 3.05) is 5.32 Å². The number of para-hydroxylation sites is 1. The van der Waals surface area contributed by atoms with Crippen LogP contribution in [0.2, 0.25) is 0 Å². The Morgan fingerprint density at radius 1 is 1.22 bits per heavy atom. The third-order valence-corrected chi connectivity index (χ3v) is 2.25. The van der Waals surface area contributed by atoms with E-state index in [1.807, 2.05) is 11.6 Å². The lowest BCUT2D eigenvalue weighted by Crippen LogP contribution is -1.85. The van der Waals surface area contributed by atoms with Crippen molar-refractivity contribution in [3.63, 3.8) is 0 Å². The number of fused-ring (bicyclic) bond motifs is 1. The van der Waals surface area contributed by atoms with Crippen molar-refractivity contribution in [1.82, 2.24) is 0 Å². The Kier molecular flexibility index (Phi) is 1.06. The highest BCUT2D eigenvalue weighted by Crippen LogP contribution is 2.25. The second-order valence-electron chi connectivity index (χ2n) is 1.92. The number of anilines is 1. The van der Waals surface area contributed by atoms with Gasteiger partial charge in [-0.05, 0) is 12.1 Å². The third kappa shape index (κ3) is 0.754. The molecular weight excluding hydrogens is 130 g/mol. The van der Waals surface area contributed by atoms with Crippen molar-refractivity contribution < 1.29 is 0 Å². The summed E-state index contributed by atoms with van der Waals surface area (Å²) in [6, 6.07) is 8.33.